The van der Waals surface area contributed by atoms with Gasteiger partial charge >= 0.3 is 0 Å². The van der Waals surface area contributed by atoms with Crippen LogP contribution in [0.5, 0.6) is 0 Å². The maximum Gasteiger partial charge on any atom is 0.224 e. The second-order valence-corrected chi connectivity index (χ2v) is 4.53. The van der Waals surface area contributed by atoms with Crippen molar-refractivity contribution >= 4 is 33.7 Å². The van der Waals surface area contributed by atoms with Crippen LogP contribution in [0.25, 0.3) is 27.6 Å². The van der Waals surface area contributed by atoms with Gasteiger partial charge in [-0.25, -0.2) is 0 Å². The van der Waals surface area contributed by atoms with E-state index in [2.05, 4.69) is 20.2 Å². The van der Waals surface area contributed by atoms with Crippen molar-refractivity contribution in [1.82, 2.24) is 24.7 Å². The van der Waals surface area contributed by atoms with Crippen LogP contribution in [0.3, 0.4) is 0 Å². The van der Waals surface area contributed by atoms with Crippen molar-refractivity contribution in [2.24, 2.45) is 0 Å². The maximum absolute atomic E-state index is 5.86. The van der Waals surface area contributed by atoms with Crippen molar-refractivity contribution in [3.8, 4) is 5.69 Å². The summed E-state index contributed by atoms with van der Waals surface area (Å²) in [5.74, 6) is 0.548. The van der Waals surface area contributed by atoms with Crippen molar-refractivity contribution in [3.05, 3.63) is 36.7 Å². The molecule has 0 aliphatic heterocycles. The molecule has 3 aromatic heterocycles. The minimum atomic E-state index is 0.164. The average Bonchev–Trinajstić information content (AvgIpc) is 3.03. The van der Waals surface area contributed by atoms with Gasteiger partial charge in [-0.2, -0.15) is 15.1 Å². The number of anilines is 2. The van der Waals surface area contributed by atoms with Crippen molar-refractivity contribution in [1.29, 1.82) is 0 Å². The molecule has 0 saturated heterocycles. The lowest BCUT2D eigenvalue weighted by Gasteiger charge is -2.05. The molecule has 0 aliphatic carbocycles. The highest BCUT2D eigenvalue weighted by molar-refractivity contribution is 5.89. The molecule has 98 valence electrons. The van der Waals surface area contributed by atoms with E-state index in [1.165, 1.54) is 0 Å². The predicted octanol–water partition coefficient (Wildman–Crippen LogP) is 1.46. The molecule has 5 N–H and O–H groups in total. The summed E-state index contributed by atoms with van der Waals surface area (Å²) in [5, 5.41) is 8.80. The molecule has 4 aromatic rings. The number of nitrogens with one attached hydrogen (secondary N) is 1. The van der Waals surface area contributed by atoms with Gasteiger partial charge in [0.2, 0.25) is 5.95 Å². The van der Waals surface area contributed by atoms with E-state index in [1.807, 2.05) is 35.0 Å². The number of hydrogen-bond donors (Lipinski definition) is 3. The summed E-state index contributed by atoms with van der Waals surface area (Å²) in [5.41, 5.74) is 14.1. The Labute approximate surface area is 113 Å². The Bertz CT molecular complexity index is 934. The van der Waals surface area contributed by atoms with Gasteiger partial charge in [-0.15, -0.1) is 0 Å². The molecule has 0 atom stereocenters. The second kappa shape index (κ2) is 3.70. The first-order valence-corrected chi connectivity index (χ1v) is 6.06. The van der Waals surface area contributed by atoms with E-state index in [9.17, 15) is 0 Å². The van der Waals surface area contributed by atoms with E-state index in [0.717, 1.165) is 22.0 Å². The Morgan fingerprint density at radius 3 is 2.90 bits per heavy atom. The Morgan fingerprint density at radius 2 is 2.00 bits per heavy atom. The summed E-state index contributed by atoms with van der Waals surface area (Å²) in [6.45, 7) is 0. The molecule has 7 heteroatoms. The Kier molecular flexibility index (Phi) is 2.00. The van der Waals surface area contributed by atoms with Gasteiger partial charge in [-0.3, -0.25) is 5.10 Å². The second-order valence-electron chi connectivity index (χ2n) is 4.53. The van der Waals surface area contributed by atoms with Crippen LogP contribution in [0.2, 0.25) is 0 Å². The first-order valence-electron chi connectivity index (χ1n) is 6.06. The van der Waals surface area contributed by atoms with Gasteiger partial charge in [0.25, 0.3) is 0 Å². The lowest BCUT2D eigenvalue weighted by atomic mass is 10.2. The van der Waals surface area contributed by atoms with Gasteiger partial charge in [-0.05, 0) is 24.3 Å². The summed E-state index contributed by atoms with van der Waals surface area (Å²) in [6.07, 6.45) is 3.68. The fourth-order valence-electron chi connectivity index (χ4n) is 2.34. The first-order chi connectivity index (χ1) is 9.72. The van der Waals surface area contributed by atoms with Crippen LogP contribution >= 0.6 is 0 Å². The zero-order valence-corrected chi connectivity index (χ0v) is 10.4. The zero-order chi connectivity index (χ0) is 13.7. The molecule has 0 fully saturated rings. The average molecular weight is 265 g/mol. The zero-order valence-electron chi connectivity index (χ0n) is 10.4. The molecule has 0 amide bonds. The molecular weight excluding hydrogens is 254 g/mol. The van der Waals surface area contributed by atoms with Crippen LogP contribution in [0.1, 0.15) is 0 Å². The van der Waals surface area contributed by atoms with E-state index < -0.39 is 0 Å². The number of nitrogens with two attached hydrogens (primary N) is 2. The number of aromatic nitrogens is 5. The smallest absolute Gasteiger partial charge is 0.224 e. The molecular formula is C13H11N7. The van der Waals surface area contributed by atoms with Crippen LogP contribution < -0.4 is 11.5 Å². The summed E-state index contributed by atoms with van der Waals surface area (Å²) < 4.78 is 1.92. The molecule has 0 aliphatic rings. The lowest BCUT2D eigenvalue weighted by molar-refractivity contribution is 1.08. The highest BCUT2D eigenvalue weighted by Crippen LogP contribution is 2.24. The van der Waals surface area contributed by atoms with Gasteiger partial charge in [-0.1, -0.05) is 0 Å². The molecule has 0 bridgehead atoms. The minimum absolute atomic E-state index is 0.164. The first kappa shape index (κ1) is 10.8. The van der Waals surface area contributed by atoms with Crippen LogP contribution in [-0.4, -0.2) is 24.7 Å². The van der Waals surface area contributed by atoms with Crippen LogP contribution in [0.15, 0.2) is 36.7 Å². The molecule has 0 spiro atoms. The van der Waals surface area contributed by atoms with Gasteiger partial charge in [0.05, 0.1) is 17.1 Å². The van der Waals surface area contributed by atoms with E-state index in [1.54, 1.807) is 6.20 Å². The van der Waals surface area contributed by atoms with E-state index in [0.29, 0.717) is 11.5 Å². The molecule has 0 unspecified atom stereocenters. The number of fused-ring (bicyclic) bond motifs is 2. The van der Waals surface area contributed by atoms with E-state index in [4.69, 9.17) is 11.5 Å². The number of benzene rings is 1. The fourth-order valence-corrected chi connectivity index (χ4v) is 2.34. The van der Waals surface area contributed by atoms with Crippen molar-refractivity contribution in [2.45, 2.75) is 0 Å². The Morgan fingerprint density at radius 1 is 1.10 bits per heavy atom. The monoisotopic (exact) mass is 265 g/mol. The standard InChI is InChI=1S/C13H11N7/c14-11-9-3-4-20(12(9)18-13(15)17-11)8-2-1-7-6-16-19-10(7)5-8/h1-6H,(H,16,19)(H4,14,15,17,18). The minimum Gasteiger partial charge on any atom is -0.383 e. The fraction of sp³-hybridized carbons (Fsp3) is 0. The molecule has 7 nitrogen and oxygen atoms in total. The SMILES string of the molecule is Nc1nc(N)c2ccn(-c3ccc4cn[nH]c4c3)c2n1. The highest BCUT2D eigenvalue weighted by Gasteiger charge is 2.10. The maximum atomic E-state index is 5.86. The number of rotatable bonds is 1. The summed E-state index contributed by atoms with van der Waals surface area (Å²) >= 11 is 0. The number of hydrogen-bond acceptors (Lipinski definition) is 5. The van der Waals surface area contributed by atoms with Crippen molar-refractivity contribution < 1.29 is 0 Å². The normalized spacial score (nSPS) is 11.4. The quantitative estimate of drug-likeness (QED) is 0.482. The summed E-state index contributed by atoms with van der Waals surface area (Å²) in [7, 11) is 0. The van der Waals surface area contributed by atoms with Crippen molar-refractivity contribution in [3.63, 3.8) is 0 Å². The van der Waals surface area contributed by atoms with Gasteiger partial charge in [0, 0.05) is 17.3 Å². The van der Waals surface area contributed by atoms with Crippen LogP contribution in [-0.2, 0) is 0 Å². The van der Waals surface area contributed by atoms with Gasteiger partial charge < -0.3 is 16.0 Å². The number of nitrogen functional groups attached to an aromatic ring is 2. The molecule has 20 heavy (non-hydrogen) atoms. The highest BCUT2D eigenvalue weighted by atomic mass is 15.1. The number of aromatic amines is 1. The largest absolute Gasteiger partial charge is 0.383 e. The molecule has 4 rings (SSSR count). The molecule has 0 saturated carbocycles. The molecule has 1 aromatic carbocycles. The predicted molar refractivity (Wildman–Crippen MR) is 77.3 cm³/mol. The molecule has 3 heterocycles. The van der Waals surface area contributed by atoms with Gasteiger partial charge in [0.15, 0.2) is 5.65 Å². The van der Waals surface area contributed by atoms with Gasteiger partial charge in [0.1, 0.15) is 5.82 Å². The van der Waals surface area contributed by atoms with Crippen LogP contribution in [0, 0.1) is 0 Å². The topological polar surface area (TPSA) is 111 Å². The van der Waals surface area contributed by atoms with E-state index >= 15 is 0 Å². The number of nitrogens with zero attached hydrogens (tertiary/aromatic N) is 4. The molecule has 0 radical (unpaired) electrons. The third-order valence-electron chi connectivity index (χ3n) is 3.29. The third kappa shape index (κ3) is 1.43. The number of H-pyrrole nitrogens is 1. The summed E-state index contributed by atoms with van der Waals surface area (Å²) in [4.78, 5) is 8.23. The van der Waals surface area contributed by atoms with Crippen LogP contribution in [0.4, 0.5) is 11.8 Å². The van der Waals surface area contributed by atoms with Crippen molar-refractivity contribution in [2.75, 3.05) is 11.5 Å². The lowest BCUT2D eigenvalue weighted by Crippen LogP contribution is -2.02. The Hall–Kier alpha value is -3.09. The third-order valence-corrected chi connectivity index (χ3v) is 3.29. The van der Waals surface area contributed by atoms with E-state index in [-0.39, 0.29) is 5.95 Å². The Balaban J connectivity index is 2.01. The summed E-state index contributed by atoms with van der Waals surface area (Å²) in [6, 6.07) is 7.86.